The number of nitrogens with zero attached hydrogens (tertiary/aromatic N) is 2. The number of para-hydroxylation sites is 1. The SMILES string of the molecule is COc1ccc2c(c1)CN(c1cccc(S(C)(=O)=O)c1[N+](=O)[O-])CC2. The Morgan fingerprint density at radius 3 is 2.60 bits per heavy atom. The van der Waals surface area contributed by atoms with E-state index in [0.29, 0.717) is 18.8 Å². The third-order valence-electron chi connectivity index (χ3n) is 4.33. The van der Waals surface area contributed by atoms with Gasteiger partial charge in [0.2, 0.25) is 0 Å². The lowest BCUT2D eigenvalue weighted by atomic mass is 9.99. The molecule has 0 unspecified atom stereocenters. The van der Waals surface area contributed by atoms with Crippen molar-refractivity contribution in [2.24, 2.45) is 0 Å². The summed E-state index contributed by atoms with van der Waals surface area (Å²) in [4.78, 5) is 12.5. The number of sulfone groups is 1. The quantitative estimate of drug-likeness (QED) is 0.613. The Labute approximate surface area is 145 Å². The number of anilines is 1. The third kappa shape index (κ3) is 3.30. The highest BCUT2D eigenvalue weighted by atomic mass is 32.2. The van der Waals surface area contributed by atoms with Crippen molar-refractivity contribution in [1.29, 1.82) is 0 Å². The van der Waals surface area contributed by atoms with Crippen molar-refractivity contribution in [3.63, 3.8) is 0 Å². The summed E-state index contributed by atoms with van der Waals surface area (Å²) in [6, 6.07) is 10.2. The summed E-state index contributed by atoms with van der Waals surface area (Å²) < 4.78 is 29.1. The Hall–Kier alpha value is -2.61. The number of hydrogen-bond donors (Lipinski definition) is 0. The van der Waals surface area contributed by atoms with E-state index < -0.39 is 14.8 Å². The maximum atomic E-state index is 11.9. The molecule has 1 aliphatic rings. The molecule has 1 heterocycles. The summed E-state index contributed by atoms with van der Waals surface area (Å²) in [5, 5.41) is 11.6. The molecule has 0 saturated heterocycles. The number of fused-ring (bicyclic) bond motifs is 1. The highest BCUT2D eigenvalue weighted by Crippen LogP contribution is 2.37. The van der Waals surface area contributed by atoms with Gasteiger partial charge in [-0.05, 0) is 41.8 Å². The zero-order valence-electron chi connectivity index (χ0n) is 13.9. The van der Waals surface area contributed by atoms with Crippen LogP contribution in [0.5, 0.6) is 5.75 Å². The molecular weight excluding hydrogens is 344 g/mol. The Bertz CT molecular complexity index is 940. The van der Waals surface area contributed by atoms with Gasteiger partial charge in [0.15, 0.2) is 9.84 Å². The third-order valence-corrected chi connectivity index (χ3v) is 5.45. The van der Waals surface area contributed by atoms with Crippen LogP contribution in [0.25, 0.3) is 0 Å². The molecule has 3 rings (SSSR count). The first-order valence-corrected chi connectivity index (χ1v) is 9.58. The first-order valence-electron chi connectivity index (χ1n) is 7.69. The molecule has 2 aromatic rings. The van der Waals surface area contributed by atoms with Crippen LogP contribution in [0.1, 0.15) is 11.1 Å². The summed E-state index contributed by atoms with van der Waals surface area (Å²) in [6.45, 7) is 1.04. The molecule has 0 amide bonds. The van der Waals surface area contributed by atoms with E-state index in [4.69, 9.17) is 4.74 Å². The van der Waals surface area contributed by atoms with E-state index in [-0.39, 0.29) is 10.6 Å². The lowest BCUT2D eigenvalue weighted by Crippen LogP contribution is -2.31. The summed E-state index contributed by atoms with van der Waals surface area (Å²) in [5.74, 6) is 0.722. The van der Waals surface area contributed by atoms with E-state index in [1.54, 1.807) is 19.2 Å². The van der Waals surface area contributed by atoms with E-state index in [1.807, 2.05) is 23.1 Å². The Kier molecular flexibility index (Phi) is 4.38. The molecule has 7 nitrogen and oxygen atoms in total. The molecule has 1 aliphatic heterocycles. The van der Waals surface area contributed by atoms with Crippen LogP contribution < -0.4 is 9.64 Å². The second-order valence-corrected chi connectivity index (χ2v) is 7.94. The van der Waals surface area contributed by atoms with Crippen LogP contribution in [0.2, 0.25) is 0 Å². The summed E-state index contributed by atoms with van der Waals surface area (Å²) >= 11 is 0. The van der Waals surface area contributed by atoms with Gasteiger partial charge in [-0.1, -0.05) is 12.1 Å². The lowest BCUT2D eigenvalue weighted by Gasteiger charge is -2.30. The highest BCUT2D eigenvalue weighted by Gasteiger charge is 2.30. The second-order valence-electron chi connectivity index (χ2n) is 5.96. The molecule has 0 spiro atoms. The van der Waals surface area contributed by atoms with Gasteiger partial charge in [0.25, 0.3) is 0 Å². The molecule has 0 fully saturated rings. The van der Waals surface area contributed by atoms with E-state index in [1.165, 1.54) is 11.6 Å². The molecule has 8 heteroatoms. The number of methoxy groups -OCH3 is 1. The molecule has 0 atom stereocenters. The van der Waals surface area contributed by atoms with E-state index in [9.17, 15) is 18.5 Å². The zero-order valence-corrected chi connectivity index (χ0v) is 14.7. The Balaban J connectivity index is 2.07. The fourth-order valence-electron chi connectivity index (χ4n) is 3.11. The molecule has 0 aliphatic carbocycles. The number of rotatable bonds is 4. The smallest absolute Gasteiger partial charge is 0.311 e. The minimum atomic E-state index is -3.70. The number of benzene rings is 2. The van der Waals surface area contributed by atoms with Crippen LogP contribution in [0.3, 0.4) is 0 Å². The van der Waals surface area contributed by atoms with Crippen molar-refractivity contribution < 1.29 is 18.1 Å². The van der Waals surface area contributed by atoms with E-state index in [0.717, 1.165) is 24.0 Å². The van der Waals surface area contributed by atoms with Crippen molar-refractivity contribution in [3.8, 4) is 5.75 Å². The Morgan fingerprint density at radius 1 is 1.20 bits per heavy atom. The summed E-state index contributed by atoms with van der Waals surface area (Å²) in [5.41, 5.74) is 2.14. The zero-order chi connectivity index (χ0) is 18.2. The van der Waals surface area contributed by atoms with Crippen molar-refractivity contribution in [1.82, 2.24) is 0 Å². The molecule has 0 bridgehead atoms. The van der Waals surface area contributed by atoms with Crippen LogP contribution in [0.4, 0.5) is 11.4 Å². The average Bonchev–Trinajstić information content (AvgIpc) is 2.59. The summed E-state index contributed by atoms with van der Waals surface area (Å²) in [7, 11) is -2.11. The predicted molar refractivity (Wildman–Crippen MR) is 94.0 cm³/mol. The lowest BCUT2D eigenvalue weighted by molar-refractivity contribution is -0.387. The fourth-order valence-corrected chi connectivity index (χ4v) is 3.97. The molecule has 2 aromatic carbocycles. The van der Waals surface area contributed by atoms with Crippen molar-refractivity contribution in [2.75, 3.05) is 24.8 Å². The van der Waals surface area contributed by atoms with Gasteiger partial charge in [0, 0.05) is 19.3 Å². The van der Waals surface area contributed by atoms with Crippen molar-refractivity contribution in [2.45, 2.75) is 17.9 Å². The van der Waals surface area contributed by atoms with E-state index >= 15 is 0 Å². The van der Waals surface area contributed by atoms with Gasteiger partial charge < -0.3 is 9.64 Å². The number of ether oxygens (including phenoxy) is 1. The van der Waals surface area contributed by atoms with Gasteiger partial charge >= 0.3 is 5.69 Å². The van der Waals surface area contributed by atoms with Crippen molar-refractivity contribution in [3.05, 3.63) is 57.6 Å². The van der Waals surface area contributed by atoms with Crippen LogP contribution in [-0.2, 0) is 22.8 Å². The molecule has 0 radical (unpaired) electrons. The van der Waals surface area contributed by atoms with Gasteiger partial charge in [-0.15, -0.1) is 0 Å². The number of hydrogen-bond acceptors (Lipinski definition) is 6. The standard InChI is InChI=1S/C17H18N2O5S/c1-24-14-7-6-12-8-9-18(11-13(12)10-14)15-4-3-5-16(25(2,22)23)17(15)19(20)21/h3-7,10H,8-9,11H2,1-2H3. The van der Waals surface area contributed by atoms with Crippen LogP contribution >= 0.6 is 0 Å². The van der Waals surface area contributed by atoms with Crippen LogP contribution in [-0.4, -0.2) is 33.3 Å². The molecule has 25 heavy (non-hydrogen) atoms. The summed E-state index contributed by atoms with van der Waals surface area (Å²) in [6.07, 6.45) is 1.70. The predicted octanol–water partition coefficient (Wildman–Crippen LogP) is 2.57. The molecule has 0 saturated carbocycles. The molecule has 0 N–H and O–H groups in total. The monoisotopic (exact) mass is 362 g/mol. The first kappa shape index (κ1) is 17.2. The van der Waals surface area contributed by atoms with Crippen LogP contribution in [0, 0.1) is 10.1 Å². The van der Waals surface area contributed by atoms with Crippen LogP contribution in [0.15, 0.2) is 41.3 Å². The largest absolute Gasteiger partial charge is 0.497 e. The Morgan fingerprint density at radius 2 is 1.96 bits per heavy atom. The molecular formula is C17H18N2O5S. The van der Waals surface area contributed by atoms with Gasteiger partial charge in [0.1, 0.15) is 16.3 Å². The minimum absolute atomic E-state index is 0.258. The minimum Gasteiger partial charge on any atom is -0.497 e. The van der Waals surface area contributed by atoms with Gasteiger partial charge in [-0.3, -0.25) is 10.1 Å². The molecule has 132 valence electrons. The maximum absolute atomic E-state index is 11.9. The maximum Gasteiger partial charge on any atom is 0.311 e. The van der Waals surface area contributed by atoms with Gasteiger partial charge in [-0.25, -0.2) is 8.42 Å². The topological polar surface area (TPSA) is 89.8 Å². The normalized spacial score (nSPS) is 14.1. The average molecular weight is 362 g/mol. The second kappa shape index (κ2) is 6.36. The van der Waals surface area contributed by atoms with Gasteiger partial charge in [0.05, 0.1) is 12.0 Å². The number of nitro benzene ring substituents is 1. The number of nitro groups is 1. The fraction of sp³-hybridized carbons (Fsp3) is 0.294. The van der Waals surface area contributed by atoms with E-state index in [2.05, 4.69) is 0 Å². The van der Waals surface area contributed by atoms with Gasteiger partial charge in [-0.2, -0.15) is 0 Å². The first-order chi connectivity index (χ1) is 11.8. The highest BCUT2D eigenvalue weighted by molar-refractivity contribution is 7.90. The van der Waals surface area contributed by atoms with Crippen molar-refractivity contribution >= 4 is 21.2 Å². The molecule has 0 aromatic heterocycles.